The van der Waals surface area contributed by atoms with Crippen LogP contribution in [0.2, 0.25) is 0 Å². The van der Waals surface area contributed by atoms with Gasteiger partial charge in [-0.05, 0) is 84.8 Å². The van der Waals surface area contributed by atoms with Crippen LogP contribution in [-0.2, 0) is 0 Å². The zero-order valence-electron chi connectivity index (χ0n) is 32.8. The highest BCUT2D eigenvalue weighted by Gasteiger charge is 2.22. The second-order valence-electron chi connectivity index (χ2n) is 13.2. The van der Waals surface area contributed by atoms with Gasteiger partial charge in [-0.1, -0.05) is 158 Å². The van der Waals surface area contributed by atoms with Gasteiger partial charge in [0.25, 0.3) is 0 Å². The van der Waals surface area contributed by atoms with Crippen LogP contribution in [0, 0.1) is 0 Å². The summed E-state index contributed by atoms with van der Waals surface area (Å²) in [7, 11) is 0. The first kappa shape index (κ1) is 24.6. The predicted octanol–water partition coefficient (Wildman–Crippen LogP) is 14.9. The van der Waals surface area contributed by atoms with Crippen molar-refractivity contribution in [3.63, 3.8) is 0 Å². The van der Waals surface area contributed by atoms with Gasteiger partial charge >= 0.3 is 0 Å². The van der Waals surface area contributed by atoms with Gasteiger partial charge in [0.1, 0.15) is 11.2 Å². The number of benzene rings is 9. The first-order chi connectivity index (χ1) is 27.9. The van der Waals surface area contributed by atoms with Crippen molar-refractivity contribution < 1.29 is 11.3 Å². The lowest BCUT2D eigenvalue weighted by molar-refractivity contribution is 0.670. The summed E-state index contributed by atoms with van der Waals surface area (Å²) in [6.07, 6.45) is 0. The summed E-state index contributed by atoms with van der Waals surface area (Å²) in [6.45, 7) is 0. The van der Waals surface area contributed by atoms with Gasteiger partial charge < -0.3 is 4.42 Å². The molecule has 0 saturated carbocycles. The van der Waals surface area contributed by atoms with Crippen molar-refractivity contribution in [2.24, 2.45) is 0 Å². The molecule has 1 nitrogen and oxygen atoms in total. The zero-order chi connectivity index (χ0) is 38.5. The topological polar surface area (TPSA) is 13.1 Å². The van der Waals surface area contributed by atoms with Crippen molar-refractivity contribution in [3.8, 4) is 44.5 Å². The van der Waals surface area contributed by atoms with Gasteiger partial charge in [0.2, 0.25) is 0 Å². The van der Waals surface area contributed by atoms with E-state index in [9.17, 15) is 0 Å². The number of rotatable bonds is 4. The van der Waals surface area contributed by atoms with E-state index < -0.39 is 6.04 Å². The quantitative estimate of drug-likeness (QED) is 0.168. The molecule has 2 heterocycles. The van der Waals surface area contributed by atoms with Crippen LogP contribution in [0.15, 0.2) is 186 Å². The van der Waals surface area contributed by atoms with E-state index in [1.807, 2.05) is 48.5 Å². The molecule has 0 amide bonds. The molecule has 2 heteroatoms. The predicted molar refractivity (Wildman–Crippen MR) is 223 cm³/mol. The molecule has 0 aliphatic heterocycles. The van der Waals surface area contributed by atoms with Crippen molar-refractivity contribution >= 4 is 75.0 Å². The Morgan fingerprint density at radius 3 is 1.71 bits per heavy atom. The van der Waals surface area contributed by atoms with E-state index in [2.05, 4.69) is 103 Å². The third kappa shape index (κ3) is 4.35. The maximum atomic E-state index is 8.97. The number of fused-ring (bicyclic) bond motifs is 8. The van der Waals surface area contributed by atoms with E-state index in [0.717, 1.165) is 76.9 Å². The molecule has 0 unspecified atom stereocenters. The molecule has 0 spiro atoms. The van der Waals surface area contributed by atoms with Crippen molar-refractivity contribution in [2.75, 3.05) is 0 Å². The van der Waals surface area contributed by atoms with Crippen LogP contribution >= 0.6 is 11.3 Å². The molecule has 11 rings (SSSR count). The summed E-state index contributed by atoms with van der Waals surface area (Å²) in [5, 5.41) is 8.07. The lowest BCUT2D eigenvalue weighted by atomic mass is 9.84. The highest BCUT2D eigenvalue weighted by atomic mass is 32.1. The monoisotopic (exact) mass is 683 g/mol. The molecule has 0 atom stereocenters. The van der Waals surface area contributed by atoms with Crippen LogP contribution in [0.25, 0.3) is 108 Å². The summed E-state index contributed by atoms with van der Waals surface area (Å²) in [5.74, 6) is 0. The van der Waals surface area contributed by atoms with E-state index in [4.69, 9.17) is 11.3 Å². The first-order valence-corrected chi connectivity index (χ1v) is 18.2. The number of thiophene rings is 1. The molecule has 2 aromatic heterocycles. The summed E-state index contributed by atoms with van der Waals surface area (Å²) >= 11 is 1.80. The van der Waals surface area contributed by atoms with E-state index in [1.54, 1.807) is 11.3 Å². The minimum absolute atomic E-state index is 0.203. The number of para-hydroxylation sites is 2. The van der Waals surface area contributed by atoms with E-state index in [1.165, 1.54) is 20.2 Å². The number of furan rings is 1. The second-order valence-corrected chi connectivity index (χ2v) is 14.2. The van der Waals surface area contributed by atoms with Crippen molar-refractivity contribution in [1.29, 1.82) is 0 Å². The number of hydrogen-bond acceptors (Lipinski definition) is 2. The molecule has 0 aliphatic rings. The molecule has 9 aromatic carbocycles. The Labute approximate surface area is 311 Å². The van der Waals surface area contributed by atoms with Crippen LogP contribution in [0.3, 0.4) is 0 Å². The maximum absolute atomic E-state index is 8.97. The van der Waals surface area contributed by atoms with Crippen LogP contribution in [0.5, 0.6) is 0 Å². The van der Waals surface area contributed by atoms with Crippen LogP contribution < -0.4 is 0 Å². The van der Waals surface area contributed by atoms with Crippen LogP contribution in [0.1, 0.15) is 6.85 Å². The highest BCUT2D eigenvalue weighted by molar-refractivity contribution is 7.26. The summed E-state index contributed by atoms with van der Waals surface area (Å²) in [6, 6.07) is 50.9. The van der Waals surface area contributed by atoms with Gasteiger partial charge in [0.05, 0.1) is 6.85 Å². The molecule has 0 saturated heterocycles. The summed E-state index contributed by atoms with van der Waals surface area (Å²) in [4.78, 5) is 0. The first-order valence-electron chi connectivity index (χ1n) is 19.9. The minimum Gasteiger partial charge on any atom is -0.455 e. The molecule has 242 valence electrons. The largest absolute Gasteiger partial charge is 0.455 e. The average molecular weight is 684 g/mol. The third-order valence-corrected chi connectivity index (χ3v) is 11.5. The Balaban J connectivity index is 1.22. The van der Waals surface area contributed by atoms with Crippen molar-refractivity contribution in [2.45, 2.75) is 0 Å². The smallest absolute Gasteiger partial charge is 0.143 e. The number of hydrogen-bond donors (Lipinski definition) is 0. The van der Waals surface area contributed by atoms with Crippen LogP contribution in [0.4, 0.5) is 0 Å². The van der Waals surface area contributed by atoms with Gasteiger partial charge in [-0.2, -0.15) is 0 Å². The SMILES string of the molecule is [2H]c1c([2H])c([2H])c(-c2c3ccccc3c(-c3cccc(-c4c(-c5cccc6c5oc5ccccc56)ccc5sc6ccccc6c45)c3)c3ccccc23)c([2H])c1[2H]. The van der Waals surface area contributed by atoms with Gasteiger partial charge in [-0.3, -0.25) is 0 Å². The molecular formula is C50H30OS. The molecule has 0 N–H and O–H groups in total. The Bertz CT molecular complexity index is 3400. The fourth-order valence-electron chi connectivity index (χ4n) is 8.21. The fourth-order valence-corrected chi connectivity index (χ4v) is 9.33. The molecule has 0 fully saturated rings. The van der Waals surface area contributed by atoms with Gasteiger partial charge in [-0.15, -0.1) is 11.3 Å². The van der Waals surface area contributed by atoms with Gasteiger partial charge in [0.15, 0.2) is 0 Å². The fraction of sp³-hybridized carbons (Fsp3) is 0. The molecule has 0 bridgehead atoms. The Hall–Kier alpha value is -6.48. The Kier molecular flexibility index (Phi) is 5.46. The summed E-state index contributed by atoms with van der Waals surface area (Å²) < 4.78 is 52.3. The third-order valence-electron chi connectivity index (χ3n) is 10.4. The molecule has 0 radical (unpaired) electrons. The highest BCUT2D eigenvalue weighted by Crippen LogP contribution is 2.49. The van der Waals surface area contributed by atoms with Gasteiger partial charge in [-0.25, -0.2) is 0 Å². The Morgan fingerprint density at radius 1 is 0.404 bits per heavy atom. The molecule has 0 aliphatic carbocycles. The minimum atomic E-state index is -0.403. The van der Waals surface area contributed by atoms with Crippen LogP contribution in [-0.4, -0.2) is 0 Å². The lowest BCUT2D eigenvalue weighted by Gasteiger charge is -2.19. The lowest BCUT2D eigenvalue weighted by Crippen LogP contribution is -1.92. The summed E-state index contributed by atoms with van der Waals surface area (Å²) in [5.41, 5.74) is 8.88. The zero-order valence-corrected chi connectivity index (χ0v) is 28.6. The average Bonchev–Trinajstić information content (AvgIpc) is 3.83. The van der Waals surface area contributed by atoms with E-state index in [-0.39, 0.29) is 29.7 Å². The maximum Gasteiger partial charge on any atom is 0.143 e. The molecule has 11 aromatic rings. The van der Waals surface area contributed by atoms with Crippen molar-refractivity contribution in [3.05, 3.63) is 182 Å². The van der Waals surface area contributed by atoms with E-state index >= 15 is 0 Å². The second kappa shape index (κ2) is 11.5. The standard InChI is InChI=1S/C50H30OS/c1-2-14-31(15-3-1)46-35-19-4-6-21-37(35)47(38-22-7-5-20-36(38)46)32-16-12-17-33(30-32)48-39(28-29-45-49(48)42-23-9-11-27-44(42)52-45)41-25-13-24-40-34-18-8-10-26-43(34)51-50(40)41/h1-30H/i1D,2D,3D,14D,15D. The Morgan fingerprint density at radius 2 is 0.981 bits per heavy atom. The van der Waals surface area contributed by atoms with E-state index in [0.29, 0.717) is 5.56 Å². The van der Waals surface area contributed by atoms with Gasteiger partial charge in [0, 0.05) is 36.5 Å². The molecular weight excluding hydrogens is 649 g/mol. The normalized spacial score (nSPS) is 13.2. The molecule has 52 heavy (non-hydrogen) atoms. The van der Waals surface area contributed by atoms with Crippen molar-refractivity contribution in [1.82, 2.24) is 0 Å².